The molecule has 9 nitrogen and oxygen atoms in total. The minimum Gasteiger partial charge on any atom is -0.465 e. The molecule has 180 valence electrons. The van der Waals surface area contributed by atoms with Gasteiger partial charge in [-0.25, -0.2) is 14.8 Å². The van der Waals surface area contributed by atoms with E-state index in [9.17, 15) is 9.59 Å². The van der Waals surface area contributed by atoms with Crippen molar-refractivity contribution in [2.45, 2.75) is 38.3 Å². The van der Waals surface area contributed by atoms with E-state index in [4.69, 9.17) is 10.1 Å². The van der Waals surface area contributed by atoms with Crippen molar-refractivity contribution in [3.63, 3.8) is 0 Å². The third kappa shape index (κ3) is 4.00. The highest BCUT2D eigenvalue weighted by Gasteiger charge is 2.27. The van der Waals surface area contributed by atoms with Crippen LogP contribution in [-0.2, 0) is 13.6 Å². The molecule has 1 aromatic carbocycles. The molecule has 2 aliphatic rings. The van der Waals surface area contributed by atoms with Gasteiger partial charge in [0.25, 0.3) is 5.91 Å². The number of aromatic nitrogens is 4. The SMILES string of the molecule is Cn1c(-c2cc3cccnc3n2CC2CC2)nc2cc(C(=O)N3CCCC(NC(=O)O)C3)ccc21. The molecule has 0 bridgehead atoms. The predicted octanol–water partition coefficient (Wildman–Crippen LogP) is 3.87. The zero-order valence-electron chi connectivity index (χ0n) is 19.6. The van der Waals surface area contributed by atoms with Gasteiger partial charge in [-0.15, -0.1) is 0 Å². The van der Waals surface area contributed by atoms with Gasteiger partial charge in [-0.3, -0.25) is 4.79 Å². The lowest BCUT2D eigenvalue weighted by Gasteiger charge is -2.32. The maximum Gasteiger partial charge on any atom is 0.404 e. The van der Waals surface area contributed by atoms with Crippen LogP contribution in [0, 0.1) is 5.92 Å². The Kier molecular flexibility index (Phi) is 5.20. The summed E-state index contributed by atoms with van der Waals surface area (Å²) in [6.07, 6.45) is 4.79. The van der Waals surface area contributed by atoms with E-state index >= 15 is 0 Å². The number of aryl methyl sites for hydroxylation is 1. The lowest BCUT2D eigenvalue weighted by atomic mass is 10.0. The minimum absolute atomic E-state index is 0.0944. The first-order valence-corrected chi connectivity index (χ1v) is 12.2. The summed E-state index contributed by atoms with van der Waals surface area (Å²) < 4.78 is 4.36. The van der Waals surface area contributed by atoms with Crippen molar-refractivity contribution in [1.82, 2.24) is 29.3 Å². The van der Waals surface area contributed by atoms with Crippen molar-refractivity contribution >= 4 is 34.1 Å². The van der Waals surface area contributed by atoms with Gasteiger partial charge in [0.05, 0.1) is 16.7 Å². The van der Waals surface area contributed by atoms with Crippen molar-refractivity contribution in [3.8, 4) is 11.5 Å². The molecule has 0 spiro atoms. The number of fused-ring (bicyclic) bond motifs is 2. The molecule has 2 amide bonds. The minimum atomic E-state index is -1.05. The number of hydrogen-bond acceptors (Lipinski definition) is 4. The molecule has 1 aliphatic heterocycles. The van der Waals surface area contributed by atoms with E-state index < -0.39 is 6.09 Å². The van der Waals surface area contributed by atoms with E-state index in [1.807, 2.05) is 37.5 Å². The molecule has 4 aromatic rings. The maximum absolute atomic E-state index is 13.2. The van der Waals surface area contributed by atoms with Crippen molar-refractivity contribution < 1.29 is 14.7 Å². The molecule has 2 N–H and O–H groups in total. The monoisotopic (exact) mass is 472 g/mol. The first-order chi connectivity index (χ1) is 17.0. The molecule has 2 fully saturated rings. The van der Waals surface area contributed by atoms with E-state index in [1.54, 1.807) is 4.90 Å². The Morgan fingerprint density at radius 1 is 1.17 bits per heavy atom. The van der Waals surface area contributed by atoms with Crippen LogP contribution >= 0.6 is 0 Å². The molecule has 4 heterocycles. The Morgan fingerprint density at radius 2 is 2.03 bits per heavy atom. The second-order valence-corrected chi connectivity index (χ2v) is 9.74. The standard InChI is InChI=1S/C26H28N6O3/c1-30-21-9-8-18(25(33)31-11-3-5-19(15-31)28-26(34)35)12-20(21)29-24(30)22-13-17-4-2-10-27-23(17)32(22)14-16-6-7-16/h2,4,8-10,12-13,16,19,28H,3,5-7,11,14-15H2,1H3,(H,34,35). The van der Waals surface area contributed by atoms with E-state index in [0.717, 1.165) is 53.0 Å². The summed E-state index contributed by atoms with van der Waals surface area (Å²) in [5.74, 6) is 1.45. The van der Waals surface area contributed by atoms with E-state index in [-0.39, 0.29) is 11.9 Å². The Balaban J connectivity index is 1.34. The number of carbonyl (C=O) groups is 2. The number of benzene rings is 1. The Morgan fingerprint density at radius 3 is 2.83 bits per heavy atom. The summed E-state index contributed by atoms with van der Waals surface area (Å²) in [5.41, 5.74) is 4.31. The molecule has 1 atom stereocenters. The number of likely N-dealkylation sites (tertiary alicyclic amines) is 1. The lowest BCUT2D eigenvalue weighted by Crippen LogP contribution is -2.49. The number of imidazole rings is 1. The molecule has 1 unspecified atom stereocenters. The molecule has 6 rings (SSSR count). The number of rotatable bonds is 5. The van der Waals surface area contributed by atoms with Crippen LogP contribution in [0.5, 0.6) is 0 Å². The number of nitrogens with one attached hydrogen (secondary N) is 1. The number of pyridine rings is 1. The summed E-state index contributed by atoms with van der Waals surface area (Å²) in [5, 5.41) is 12.6. The first-order valence-electron chi connectivity index (χ1n) is 12.2. The maximum atomic E-state index is 13.2. The summed E-state index contributed by atoms with van der Waals surface area (Å²) in [7, 11) is 2.01. The second kappa shape index (κ2) is 8.41. The van der Waals surface area contributed by atoms with Crippen LogP contribution in [0.4, 0.5) is 4.79 Å². The van der Waals surface area contributed by atoms with Gasteiger partial charge in [0.15, 0.2) is 5.82 Å². The predicted molar refractivity (Wildman–Crippen MR) is 132 cm³/mol. The zero-order chi connectivity index (χ0) is 24.1. The Labute approximate surface area is 202 Å². The van der Waals surface area contributed by atoms with Gasteiger partial charge < -0.3 is 24.5 Å². The van der Waals surface area contributed by atoms with Gasteiger partial charge in [0.1, 0.15) is 5.65 Å². The molecular formula is C26H28N6O3. The van der Waals surface area contributed by atoms with E-state index in [0.29, 0.717) is 24.6 Å². The van der Waals surface area contributed by atoms with Gasteiger partial charge in [-0.1, -0.05) is 0 Å². The van der Waals surface area contributed by atoms with Crippen molar-refractivity contribution in [2.75, 3.05) is 13.1 Å². The van der Waals surface area contributed by atoms with Crippen LogP contribution in [0.15, 0.2) is 42.6 Å². The van der Waals surface area contributed by atoms with Gasteiger partial charge in [-0.05, 0) is 68.0 Å². The van der Waals surface area contributed by atoms with Crippen LogP contribution in [0.1, 0.15) is 36.0 Å². The molecular weight excluding hydrogens is 444 g/mol. The van der Waals surface area contributed by atoms with E-state index in [1.165, 1.54) is 12.8 Å². The molecule has 1 aliphatic carbocycles. The second-order valence-electron chi connectivity index (χ2n) is 9.74. The van der Waals surface area contributed by atoms with Crippen molar-refractivity contribution in [1.29, 1.82) is 0 Å². The number of carbonyl (C=O) groups excluding carboxylic acids is 1. The van der Waals surface area contributed by atoms with Gasteiger partial charge >= 0.3 is 6.09 Å². The fraction of sp³-hybridized carbons (Fsp3) is 0.385. The number of piperidine rings is 1. The largest absolute Gasteiger partial charge is 0.465 e. The number of hydrogen-bond donors (Lipinski definition) is 2. The smallest absolute Gasteiger partial charge is 0.404 e. The zero-order valence-corrected chi connectivity index (χ0v) is 19.6. The van der Waals surface area contributed by atoms with Crippen LogP contribution < -0.4 is 5.32 Å². The quantitative estimate of drug-likeness (QED) is 0.459. The molecule has 35 heavy (non-hydrogen) atoms. The lowest BCUT2D eigenvalue weighted by molar-refractivity contribution is 0.0692. The topological polar surface area (TPSA) is 105 Å². The third-order valence-corrected chi connectivity index (χ3v) is 7.19. The Bertz CT molecular complexity index is 1450. The molecule has 3 aromatic heterocycles. The third-order valence-electron chi connectivity index (χ3n) is 7.19. The summed E-state index contributed by atoms with van der Waals surface area (Å²) in [4.78, 5) is 35.6. The van der Waals surface area contributed by atoms with Gasteiger partial charge in [0.2, 0.25) is 0 Å². The number of carboxylic acid groups (broad SMARTS) is 1. The van der Waals surface area contributed by atoms with Crippen LogP contribution in [0.2, 0.25) is 0 Å². The Hall–Kier alpha value is -3.88. The fourth-order valence-electron chi connectivity index (χ4n) is 5.21. The fourth-order valence-corrected chi connectivity index (χ4v) is 5.21. The van der Waals surface area contributed by atoms with Crippen molar-refractivity contribution in [2.24, 2.45) is 13.0 Å². The summed E-state index contributed by atoms with van der Waals surface area (Å²) >= 11 is 0. The average Bonchev–Trinajstić information content (AvgIpc) is 3.52. The van der Waals surface area contributed by atoms with Crippen molar-refractivity contribution in [3.05, 3.63) is 48.2 Å². The molecule has 1 saturated heterocycles. The molecule has 0 radical (unpaired) electrons. The number of amides is 2. The van der Waals surface area contributed by atoms with E-state index in [2.05, 4.69) is 31.6 Å². The molecule has 9 heteroatoms. The average molecular weight is 473 g/mol. The first kappa shape index (κ1) is 21.6. The van der Waals surface area contributed by atoms with Crippen LogP contribution in [0.25, 0.3) is 33.6 Å². The van der Waals surface area contributed by atoms with Crippen LogP contribution in [-0.4, -0.2) is 60.2 Å². The van der Waals surface area contributed by atoms with Crippen LogP contribution in [0.3, 0.4) is 0 Å². The summed E-state index contributed by atoms with van der Waals surface area (Å²) in [6.45, 7) is 1.94. The highest BCUT2D eigenvalue weighted by atomic mass is 16.4. The highest BCUT2D eigenvalue weighted by molar-refractivity contribution is 5.98. The normalized spacial score (nSPS) is 18.3. The summed E-state index contributed by atoms with van der Waals surface area (Å²) in [6, 6.07) is 11.6. The number of nitrogens with zero attached hydrogens (tertiary/aromatic N) is 5. The highest BCUT2D eigenvalue weighted by Crippen LogP contribution is 2.36. The van der Waals surface area contributed by atoms with Gasteiger partial charge in [-0.2, -0.15) is 0 Å². The van der Waals surface area contributed by atoms with Gasteiger partial charge in [0, 0.05) is 49.9 Å². The molecule has 1 saturated carbocycles.